The fourth-order valence-electron chi connectivity index (χ4n) is 1.53. The molecular weight excluding hydrogens is 232 g/mol. The van der Waals surface area contributed by atoms with E-state index >= 15 is 0 Å². The van der Waals surface area contributed by atoms with E-state index in [-0.39, 0.29) is 5.97 Å². The van der Waals surface area contributed by atoms with Crippen LogP contribution in [0.1, 0.15) is 17.7 Å². The average molecular weight is 246 g/mol. The zero-order valence-electron chi connectivity index (χ0n) is 9.46. The molecular formula is C14H14O2S. The Kier molecular flexibility index (Phi) is 4.33. The van der Waals surface area contributed by atoms with Gasteiger partial charge in [0, 0.05) is 11.3 Å². The lowest BCUT2D eigenvalue weighted by Gasteiger charge is -2.03. The first kappa shape index (κ1) is 11.9. The SMILES string of the molecule is O=C(CCCc1cccs1)Oc1ccccc1. The van der Waals surface area contributed by atoms with Crippen LogP contribution in [-0.4, -0.2) is 5.97 Å². The molecule has 0 atom stereocenters. The van der Waals surface area contributed by atoms with E-state index in [0.717, 1.165) is 12.8 Å². The van der Waals surface area contributed by atoms with Crippen molar-refractivity contribution in [3.8, 4) is 5.75 Å². The minimum absolute atomic E-state index is 0.159. The normalized spacial score (nSPS) is 10.1. The van der Waals surface area contributed by atoms with Crippen LogP contribution in [0.4, 0.5) is 0 Å². The molecule has 0 aliphatic carbocycles. The second-order valence-corrected chi connectivity index (χ2v) is 4.75. The molecule has 0 amide bonds. The molecule has 0 spiro atoms. The number of carbonyl (C=O) groups excluding carboxylic acids is 1. The van der Waals surface area contributed by atoms with E-state index in [4.69, 9.17) is 4.74 Å². The number of hydrogen-bond acceptors (Lipinski definition) is 3. The fourth-order valence-corrected chi connectivity index (χ4v) is 2.28. The van der Waals surface area contributed by atoms with E-state index in [1.54, 1.807) is 23.5 Å². The molecule has 0 bridgehead atoms. The van der Waals surface area contributed by atoms with E-state index in [2.05, 4.69) is 11.4 Å². The van der Waals surface area contributed by atoms with Crippen LogP contribution in [0.3, 0.4) is 0 Å². The van der Waals surface area contributed by atoms with Crippen molar-refractivity contribution in [1.82, 2.24) is 0 Å². The average Bonchev–Trinajstić information content (AvgIpc) is 2.83. The van der Waals surface area contributed by atoms with Crippen LogP contribution in [0.15, 0.2) is 47.8 Å². The predicted molar refractivity (Wildman–Crippen MR) is 69.3 cm³/mol. The second-order valence-electron chi connectivity index (χ2n) is 3.72. The highest BCUT2D eigenvalue weighted by Gasteiger charge is 2.04. The third-order valence-electron chi connectivity index (χ3n) is 2.36. The number of benzene rings is 1. The minimum atomic E-state index is -0.159. The fraction of sp³-hybridized carbons (Fsp3) is 0.214. The van der Waals surface area contributed by atoms with Gasteiger partial charge in [0.1, 0.15) is 5.75 Å². The van der Waals surface area contributed by atoms with Crippen molar-refractivity contribution >= 4 is 17.3 Å². The topological polar surface area (TPSA) is 26.3 Å². The molecule has 0 saturated heterocycles. The largest absolute Gasteiger partial charge is 0.427 e. The smallest absolute Gasteiger partial charge is 0.311 e. The lowest BCUT2D eigenvalue weighted by Crippen LogP contribution is -2.07. The van der Waals surface area contributed by atoms with Crippen LogP contribution in [-0.2, 0) is 11.2 Å². The van der Waals surface area contributed by atoms with Crippen LogP contribution < -0.4 is 4.74 Å². The minimum Gasteiger partial charge on any atom is -0.427 e. The zero-order valence-corrected chi connectivity index (χ0v) is 10.3. The van der Waals surface area contributed by atoms with Gasteiger partial charge in [0.05, 0.1) is 0 Å². The van der Waals surface area contributed by atoms with E-state index in [1.807, 2.05) is 24.3 Å². The molecule has 2 aromatic rings. The molecule has 0 aliphatic heterocycles. The maximum absolute atomic E-state index is 11.5. The maximum atomic E-state index is 11.5. The lowest BCUT2D eigenvalue weighted by atomic mass is 10.2. The first-order valence-electron chi connectivity index (χ1n) is 5.63. The number of carbonyl (C=O) groups is 1. The number of esters is 1. The van der Waals surface area contributed by atoms with Crippen LogP contribution in [0, 0.1) is 0 Å². The van der Waals surface area contributed by atoms with Gasteiger partial charge in [-0.25, -0.2) is 0 Å². The van der Waals surface area contributed by atoms with Crippen molar-refractivity contribution < 1.29 is 9.53 Å². The summed E-state index contributed by atoms with van der Waals surface area (Å²) < 4.78 is 5.20. The van der Waals surface area contributed by atoms with Gasteiger partial charge in [-0.05, 0) is 36.4 Å². The molecule has 1 aromatic heterocycles. The van der Waals surface area contributed by atoms with Gasteiger partial charge < -0.3 is 4.74 Å². The van der Waals surface area contributed by atoms with Gasteiger partial charge >= 0.3 is 5.97 Å². The van der Waals surface area contributed by atoms with Crippen molar-refractivity contribution in [1.29, 1.82) is 0 Å². The molecule has 0 radical (unpaired) electrons. The van der Waals surface area contributed by atoms with Gasteiger partial charge in [-0.2, -0.15) is 0 Å². The molecule has 3 heteroatoms. The molecule has 2 nitrogen and oxygen atoms in total. The van der Waals surface area contributed by atoms with Crippen LogP contribution in [0.2, 0.25) is 0 Å². The Balaban J connectivity index is 1.71. The zero-order chi connectivity index (χ0) is 11.9. The second kappa shape index (κ2) is 6.21. The van der Waals surface area contributed by atoms with E-state index in [9.17, 15) is 4.79 Å². The molecule has 0 aliphatic rings. The molecule has 88 valence electrons. The predicted octanol–water partition coefficient (Wildman–Crippen LogP) is 3.68. The third kappa shape index (κ3) is 4.04. The number of thiophene rings is 1. The summed E-state index contributed by atoms with van der Waals surface area (Å²) in [7, 11) is 0. The van der Waals surface area contributed by atoms with Crippen LogP contribution in [0.5, 0.6) is 5.75 Å². The van der Waals surface area contributed by atoms with Crippen LogP contribution >= 0.6 is 11.3 Å². The standard InChI is InChI=1S/C14H14O2S/c15-14(16-12-6-2-1-3-7-12)10-4-8-13-9-5-11-17-13/h1-3,5-7,9,11H,4,8,10H2. The quantitative estimate of drug-likeness (QED) is 0.594. The number of para-hydroxylation sites is 1. The summed E-state index contributed by atoms with van der Waals surface area (Å²) in [6, 6.07) is 13.3. The summed E-state index contributed by atoms with van der Waals surface area (Å²) in [5.74, 6) is 0.460. The summed E-state index contributed by atoms with van der Waals surface area (Å²) >= 11 is 1.73. The molecule has 2 rings (SSSR count). The number of rotatable bonds is 5. The van der Waals surface area contributed by atoms with E-state index in [1.165, 1.54) is 4.88 Å². The molecule has 0 saturated carbocycles. The van der Waals surface area contributed by atoms with Crippen molar-refractivity contribution in [2.75, 3.05) is 0 Å². The molecule has 0 N–H and O–H groups in total. The van der Waals surface area contributed by atoms with Gasteiger partial charge in [0.2, 0.25) is 0 Å². The monoisotopic (exact) mass is 246 g/mol. The third-order valence-corrected chi connectivity index (χ3v) is 3.30. The lowest BCUT2D eigenvalue weighted by molar-refractivity contribution is -0.134. The number of hydrogen-bond donors (Lipinski definition) is 0. The molecule has 0 fully saturated rings. The van der Waals surface area contributed by atoms with E-state index in [0.29, 0.717) is 12.2 Å². The Bertz CT molecular complexity index is 448. The first-order chi connectivity index (χ1) is 8.34. The van der Waals surface area contributed by atoms with E-state index < -0.39 is 0 Å². The Morgan fingerprint density at radius 3 is 2.65 bits per heavy atom. The number of aryl methyl sites for hydroxylation is 1. The summed E-state index contributed by atoms with van der Waals surface area (Å²) in [6.07, 6.45) is 2.25. The van der Waals surface area contributed by atoms with Gasteiger partial charge in [0.15, 0.2) is 0 Å². The Morgan fingerprint density at radius 1 is 1.12 bits per heavy atom. The first-order valence-corrected chi connectivity index (χ1v) is 6.50. The Labute approximate surface area is 105 Å². The van der Waals surface area contributed by atoms with Crippen molar-refractivity contribution in [2.45, 2.75) is 19.3 Å². The van der Waals surface area contributed by atoms with Gasteiger partial charge in [0.25, 0.3) is 0 Å². The van der Waals surface area contributed by atoms with Gasteiger partial charge in [-0.1, -0.05) is 24.3 Å². The molecule has 1 heterocycles. The van der Waals surface area contributed by atoms with Crippen molar-refractivity contribution in [3.63, 3.8) is 0 Å². The maximum Gasteiger partial charge on any atom is 0.311 e. The van der Waals surface area contributed by atoms with Crippen molar-refractivity contribution in [2.24, 2.45) is 0 Å². The Hall–Kier alpha value is -1.61. The molecule has 17 heavy (non-hydrogen) atoms. The van der Waals surface area contributed by atoms with Gasteiger partial charge in [-0.3, -0.25) is 4.79 Å². The summed E-state index contributed by atoms with van der Waals surface area (Å²) in [5.41, 5.74) is 0. The molecule has 0 unspecified atom stereocenters. The molecule has 1 aromatic carbocycles. The summed E-state index contributed by atoms with van der Waals surface area (Å²) in [4.78, 5) is 12.8. The summed E-state index contributed by atoms with van der Waals surface area (Å²) in [5, 5.41) is 2.05. The van der Waals surface area contributed by atoms with Gasteiger partial charge in [-0.15, -0.1) is 11.3 Å². The number of ether oxygens (including phenoxy) is 1. The highest BCUT2D eigenvalue weighted by Crippen LogP contribution is 2.13. The Morgan fingerprint density at radius 2 is 1.94 bits per heavy atom. The highest BCUT2D eigenvalue weighted by molar-refractivity contribution is 7.09. The van der Waals surface area contributed by atoms with Crippen molar-refractivity contribution in [3.05, 3.63) is 52.7 Å². The highest BCUT2D eigenvalue weighted by atomic mass is 32.1. The summed E-state index contributed by atoms with van der Waals surface area (Å²) in [6.45, 7) is 0. The van der Waals surface area contributed by atoms with Crippen LogP contribution in [0.25, 0.3) is 0 Å².